The minimum atomic E-state index is -0.761. The van der Waals surface area contributed by atoms with Crippen LogP contribution in [0.25, 0.3) is 11.0 Å². The Kier molecular flexibility index (Phi) is 2.76. The maximum absolute atomic E-state index is 10.5. The summed E-state index contributed by atoms with van der Waals surface area (Å²) in [7, 11) is 0. The number of nitrogens with one attached hydrogen (secondary N) is 1. The number of carbonyl (C=O) groups is 1. The lowest BCUT2D eigenvalue weighted by molar-refractivity contribution is 0.115. The second kappa shape index (κ2) is 4.22. The van der Waals surface area contributed by atoms with E-state index in [0.717, 1.165) is 16.9 Å². The molecule has 1 atom stereocenters. The molecule has 0 aliphatic carbocycles. The molecular formula is C11H13N3O2. The van der Waals surface area contributed by atoms with Crippen LogP contribution < -0.4 is 5.73 Å². The molecule has 0 fully saturated rings. The first-order valence-electron chi connectivity index (χ1n) is 5.05. The molecule has 2 aromatic rings. The summed E-state index contributed by atoms with van der Waals surface area (Å²) < 4.78 is 4.83. The SMILES string of the molecule is C[C@H](Cc1nc2ccccc2[nH]1)OC(N)=O. The number of imidazole rings is 1. The van der Waals surface area contributed by atoms with E-state index in [4.69, 9.17) is 10.5 Å². The monoisotopic (exact) mass is 219 g/mol. The summed E-state index contributed by atoms with van der Waals surface area (Å²) in [6.45, 7) is 1.78. The molecule has 0 bridgehead atoms. The number of ether oxygens (including phenoxy) is 1. The molecule has 0 aliphatic rings. The van der Waals surface area contributed by atoms with Gasteiger partial charge in [0.15, 0.2) is 0 Å². The van der Waals surface area contributed by atoms with Gasteiger partial charge < -0.3 is 15.5 Å². The molecule has 5 heteroatoms. The summed E-state index contributed by atoms with van der Waals surface area (Å²) >= 11 is 0. The lowest BCUT2D eigenvalue weighted by Gasteiger charge is -2.08. The Labute approximate surface area is 92.6 Å². The first-order chi connectivity index (χ1) is 7.65. The molecule has 0 saturated carbocycles. The van der Waals surface area contributed by atoms with Crippen molar-refractivity contribution in [1.29, 1.82) is 0 Å². The Hall–Kier alpha value is -2.04. The molecule has 5 nitrogen and oxygen atoms in total. The molecule has 0 radical (unpaired) electrons. The summed E-state index contributed by atoms with van der Waals surface area (Å²) in [4.78, 5) is 18.1. The molecule has 1 heterocycles. The molecular weight excluding hydrogens is 206 g/mol. The fourth-order valence-electron chi connectivity index (χ4n) is 1.61. The predicted molar refractivity (Wildman–Crippen MR) is 59.9 cm³/mol. The number of amides is 1. The number of primary amides is 1. The molecule has 0 aliphatic heterocycles. The smallest absolute Gasteiger partial charge is 0.404 e. The number of para-hydroxylation sites is 2. The van der Waals surface area contributed by atoms with Crippen LogP contribution in [0.2, 0.25) is 0 Å². The Morgan fingerprint density at radius 1 is 1.56 bits per heavy atom. The minimum absolute atomic E-state index is 0.280. The molecule has 0 unspecified atom stereocenters. The van der Waals surface area contributed by atoms with Gasteiger partial charge in [0.25, 0.3) is 0 Å². The summed E-state index contributed by atoms with van der Waals surface area (Å²) in [5.74, 6) is 0.787. The topological polar surface area (TPSA) is 81.0 Å². The van der Waals surface area contributed by atoms with E-state index in [-0.39, 0.29) is 6.10 Å². The van der Waals surface area contributed by atoms with Crippen molar-refractivity contribution in [2.75, 3.05) is 0 Å². The first-order valence-corrected chi connectivity index (χ1v) is 5.05. The zero-order valence-corrected chi connectivity index (χ0v) is 8.93. The number of aromatic amines is 1. The third-order valence-electron chi connectivity index (χ3n) is 2.24. The van der Waals surface area contributed by atoms with Crippen LogP contribution in [0.5, 0.6) is 0 Å². The molecule has 2 rings (SSSR count). The van der Waals surface area contributed by atoms with Crippen LogP contribution in [0.15, 0.2) is 24.3 Å². The first kappa shape index (κ1) is 10.5. The number of H-pyrrole nitrogens is 1. The average Bonchev–Trinajstić information content (AvgIpc) is 2.57. The molecule has 3 N–H and O–H groups in total. The van der Waals surface area contributed by atoms with Crippen molar-refractivity contribution in [3.8, 4) is 0 Å². The Morgan fingerprint density at radius 2 is 2.31 bits per heavy atom. The van der Waals surface area contributed by atoms with Crippen molar-refractivity contribution in [3.05, 3.63) is 30.1 Å². The maximum Gasteiger partial charge on any atom is 0.404 e. The number of rotatable bonds is 3. The van der Waals surface area contributed by atoms with Crippen LogP contribution in [0, 0.1) is 0 Å². The largest absolute Gasteiger partial charge is 0.446 e. The van der Waals surface area contributed by atoms with Gasteiger partial charge in [0, 0.05) is 6.42 Å². The third-order valence-corrected chi connectivity index (χ3v) is 2.24. The average molecular weight is 219 g/mol. The van der Waals surface area contributed by atoms with Crippen molar-refractivity contribution >= 4 is 17.1 Å². The number of fused-ring (bicyclic) bond motifs is 1. The van der Waals surface area contributed by atoms with E-state index < -0.39 is 6.09 Å². The molecule has 1 amide bonds. The Bertz CT molecular complexity index is 474. The van der Waals surface area contributed by atoms with Crippen molar-refractivity contribution in [2.24, 2.45) is 5.73 Å². The summed E-state index contributed by atoms with van der Waals surface area (Å²) in [5.41, 5.74) is 6.81. The minimum Gasteiger partial charge on any atom is -0.446 e. The number of hydrogen-bond donors (Lipinski definition) is 2. The van der Waals surface area contributed by atoms with Gasteiger partial charge in [-0.25, -0.2) is 9.78 Å². The van der Waals surface area contributed by atoms with Crippen LogP contribution in [0.1, 0.15) is 12.7 Å². The number of nitrogens with zero attached hydrogens (tertiary/aromatic N) is 1. The van der Waals surface area contributed by atoms with E-state index in [1.165, 1.54) is 0 Å². The van der Waals surface area contributed by atoms with Gasteiger partial charge in [0.2, 0.25) is 0 Å². The van der Waals surface area contributed by atoms with Crippen molar-refractivity contribution in [1.82, 2.24) is 9.97 Å². The highest BCUT2D eigenvalue weighted by atomic mass is 16.6. The van der Waals surface area contributed by atoms with E-state index in [1.54, 1.807) is 6.92 Å². The lowest BCUT2D eigenvalue weighted by atomic mass is 10.3. The van der Waals surface area contributed by atoms with Gasteiger partial charge in [-0.3, -0.25) is 0 Å². The van der Waals surface area contributed by atoms with Crippen LogP contribution in [-0.2, 0) is 11.2 Å². The summed E-state index contributed by atoms with van der Waals surface area (Å²) in [6, 6.07) is 7.74. The number of nitrogens with two attached hydrogens (primary N) is 1. The number of carbonyl (C=O) groups excluding carboxylic acids is 1. The van der Waals surface area contributed by atoms with Gasteiger partial charge in [-0.2, -0.15) is 0 Å². The highest BCUT2D eigenvalue weighted by Crippen LogP contribution is 2.12. The van der Waals surface area contributed by atoms with Gasteiger partial charge in [-0.1, -0.05) is 12.1 Å². The highest BCUT2D eigenvalue weighted by Gasteiger charge is 2.10. The van der Waals surface area contributed by atoms with E-state index in [0.29, 0.717) is 6.42 Å². The molecule has 1 aromatic carbocycles. The zero-order chi connectivity index (χ0) is 11.5. The van der Waals surface area contributed by atoms with Crippen LogP contribution >= 0.6 is 0 Å². The van der Waals surface area contributed by atoms with Crippen LogP contribution in [0.4, 0.5) is 4.79 Å². The third kappa shape index (κ3) is 2.31. The maximum atomic E-state index is 10.5. The highest BCUT2D eigenvalue weighted by molar-refractivity contribution is 5.74. The standard InChI is InChI=1S/C11H13N3O2/c1-7(16-11(12)15)6-10-13-8-4-2-3-5-9(8)14-10/h2-5,7H,6H2,1H3,(H2,12,15)(H,13,14)/t7-/m1/s1. The second-order valence-electron chi connectivity index (χ2n) is 3.65. The predicted octanol–water partition coefficient (Wildman–Crippen LogP) is 1.59. The van der Waals surface area contributed by atoms with Gasteiger partial charge in [-0.15, -0.1) is 0 Å². The van der Waals surface area contributed by atoms with E-state index in [1.807, 2.05) is 24.3 Å². The lowest BCUT2D eigenvalue weighted by Crippen LogP contribution is -2.22. The molecule has 84 valence electrons. The van der Waals surface area contributed by atoms with Crippen LogP contribution in [0.3, 0.4) is 0 Å². The quantitative estimate of drug-likeness (QED) is 0.822. The van der Waals surface area contributed by atoms with Gasteiger partial charge in [0.05, 0.1) is 11.0 Å². The summed E-state index contributed by atoms with van der Waals surface area (Å²) in [5, 5.41) is 0. The molecule has 0 saturated heterocycles. The Morgan fingerprint density at radius 3 is 3.00 bits per heavy atom. The van der Waals surface area contributed by atoms with Crippen molar-refractivity contribution in [3.63, 3.8) is 0 Å². The summed E-state index contributed by atoms with van der Waals surface area (Å²) in [6.07, 6.45) is -0.515. The second-order valence-corrected chi connectivity index (χ2v) is 3.65. The Balaban J connectivity index is 2.12. The molecule has 0 spiro atoms. The zero-order valence-electron chi connectivity index (χ0n) is 8.93. The number of benzene rings is 1. The van der Waals surface area contributed by atoms with Gasteiger partial charge in [0.1, 0.15) is 11.9 Å². The molecule has 1 aromatic heterocycles. The van der Waals surface area contributed by atoms with Gasteiger partial charge in [-0.05, 0) is 19.1 Å². The fourth-order valence-corrected chi connectivity index (χ4v) is 1.61. The van der Waals surface area contributed by atoms with E-state index in [9.17, 15) is 4.79 Å². The van der Waals surface area contributed by atoms with Gasteiger partial charge >= 0.3 is 6.09 Å². The van der Waals surface area contributed by atoms with Crippen molar-refractivity contribution in [2.45, 2.75) is 19.4 Å². The normalized spacial score (nSPS) is 12.6. The number of aromatic nitrogens is 2. The molecule has 16 heavy (non-hydrogen) atoms. The van der Waals surface area contributed by atoms with E-state index >= 15 is 0 Å². The number of hydrogen-bond acceptors (Lipinski definition) is 3. The fraction of sp³-hybridized carbons (Fsp3) is 0.273. The van der Waals surface area contributed by atoms with Crippen molar-refractivity contribution < 1.29 is 9.53 Å². The van der Waals surface area contributed by atoms with E-state index in [2.05, 4.69) is 9.97 Å². The van der Waals surface area contributed by atoms with Crippen LogP contribution in [-0.4, -0.2) is 22.2 Å².